The summed E-state index contributed by atoms with van der Waals surface area (Å²) in [6, 6.07) is 1.82. The number of rotatable bonds is 2. The number of hydrogen-bond donors (Lipinski definition) is 0. The molecule has 0 spiro atoms. The van der Waals surface area contributed by atoms with Gasteiger partial charge in [-0.15, -0.1) is 0 Å². The highest BCUT2D eigenvalue weighted by Gasteiger charge is 2.56. The van der Waals surface area contributed by atoms with Gasteiger partial charge >= 0.3 is 0 Å². The van der Waals surface area contributed by atoms with E-state index in [1.54, 1.807) is 12.4 Å². The molecule has 0 aliphatic carbocycles. The Labute approximate surface area is 116 Å². The molecule has 104 valence electrons. The highest BCUT2D eigenvalue weighted by Crippen LogP contribution is 2.43. The molecule has 2 saturated heterocycles. The lowest BCUT2D eigenvalue weighted by molar-refractivity contribution is 0.164. The largest absolute Gasteiger partial charge is 0.380 e. The Morgan fingerprint density at radius 1 is 1.35 bits per heavy atom. The number of hydrogen-bond acceptors (Lipinski definition) is 7. The topological polar surface area (TPSA) is 77.2 Å². The zero-order chi connectivity index (χ0) is 13.6. The van der Waals surface area contributed by atoms with Crippen molar-refractivity contribution in [2.24, 2.45) is 5.92 Å². The predicted molar refractivity (Wildman–Crippen MR) is 69.3 cm³/mol. The van der Waals surface area contributed by atoms with Crippen molar-refractivity contribution < 1.29 is 9.26 Å². The van der Waals surface area contributed by atoms with Crippen LogP contribution in [0, 0.1) is 12.8 Å². The van der Waals surface area contributed by atoms with E-state index in [0.717, 1.165) is 19.0 Å². The summed E-state index contributed by atoms with van der Waals surface area (Å²) in [6.45, 7) is 4.77. The second-order valence-electron chi connectivity index (χ2n) is 5.44. The Bertz CT molecular complexity index is 616. The van der Waals surface area contributed by atoms with E-state index in [1.165, 1.54) is 0 Å². The minimum Gasteiger partial charge on any atom is -0.380 e. The minimum atomic E-state index is -0.222. The van der Waals surface area contributed by atoms with Crippen LogP contribution in [0.4, 0.5) is 5.95 Å². The van der Waals surface area contributed by atoms with Crippen LogP contribution in [0.2, 0.25) is 0 Å². The first-order valence-electron chi connectivity index (χ1n) is 6.68. The number of aromatic nitrogens is 4. The third-order valence-electron chi connectivity index (χ3n) is 4.16. The molecule has 0 radical (unpaired) electrons. The zero-order valence-corrected chi connectivity index (χ0v) is 11.2. The number of ether oxygens (including phenoxy) is 1. The molecule has 7 nitrogen and oxygen atoms in total. The Balaban J connectivity index is 1.69. The highest BCUT2D eigenvalue weighted by atomic mass is 16.5. The summed E-state index contributed by atoms with van der Waals surface area (Å²) in [7, 11) is 0. The van der Waals surface area contributed by atoms with Gasteiger partial charge in [-0.05, 0) is 13.0 Å². The summed E-state index contributed by atoms with van der Waals surface area (Å²) >= 11 is 0. The molecule has 2 aliphatic heterocycles. The highest BCUT2D eigenvalue weighted by molar-refractivity contribution is 5.37. The second-order valence-corrected chi connectivity index (χ2v) is 5.44. The Kier molecular flexibility index (Phi) is 2.50. The first-order chi connectivity index (χ1) is 9.78. The van der Waals surface area contributed by atoms with E-state index in [2.05, 4.69) is 25.0 Å². The molecule has 0 bridgehead atoms. The van der Waals surface area contributed by atoms with E-state index in [0.29, 0.717) is 30.8 Å². The number of fused-ring (bicyclic) bond motifs is 1. The van der Waals surface area contributed by atoms with Gasteiger partial charge in [0.1, 0.15) is 0 Å². The summed E-state index contributed by atoms with van der Waals surface area (Å²) in [6.07, 6.45) is 3.52. The van der Waals surface area contributed by atoms with Crippen LogP contribution in [-0.4, -0.2) is 46.4 Å². The molecule has 2 atom stereocenters. The molecule has 2 fully saturated rings. The lowest BCUT2D eigenvalue weighted by Crippen LogP contribution is -2.36. The molecule has 0 saturated carbocycles. The van der Waals surface area contributed by atoms with Crippen LogP contribution in [0.25, 0.3) is 0 Å². The Morgan fingerprint density at radius 3 is 2.95 bits per heavy atom. The molecule has 20 heavy (non-hydrogen) atoms. The van der Waals surface area contributed by atoms with Crippen LogP contribution in [-0.2, 0) is 10.2 Å². The van der Waals surface area contributed by atoms with Crippen LogP contribution in [0.1, 0.15) is 11.7 Å². The zero-order valence-electron chi connectivity index (χ0n) is 11.2. The number of nitrogens with zero attached hydrogens (tertiary/aromatic N) is 5. The van der Waals surface area contributed by atoms with E-state index in [4.69, 9.17) is 9.26 Å². The maximum atomic E-state index is 5.67. The van der Waals surface area contributed by atoms with Crippen LogP contribution in [0.3, 0.4) is 0 Å². The van der Waals surface area contributed by atoms with Crippen LogP contribution >= 0.6 is 0 Å². The van der Waals surface area contributed by atoms with Crippen molar-refractivity contribution in [3.8, 4) is 0 Å². The van der Waals surface area contributed by atoms with Gasteiger partial charge in [0.05, 0.1) is 18.6 Å². The van der Waals surface area contributed by atoms with Gasteiger partial charge in [-0.25, -0.2) is 9.97 Å². The first kappa shape index (κ1) is 11.8. The maximum absolute atomic E-state index is 5.67. The summed E-state index contributed by atoms with van der Waals surface area (Å²) in [5.41, 5.74) is -0.222. The monoisotopic (exact) mass is 273 g/mol. The molecule has 0 N–H and O–H groups in total. The molecule has 0 unspecified atom stereocenters. The third-order valence-corrected chi connectivity index (χ3v) is 4.16. The third kappa shape index (κ3) is 1.62. The standard InChI is InChI=1S/C13H15N5O2/c1-9-16-11(20-17-9)13-7-18(5-10(13)6-19-8-13)12-14-3-2-4-15-12/h2-4,10H,5-8H2,1H3/t10-,13-/m1/s1. The van der Waals surface area contributed by atoms with E-state index >= 15 is 0 Å². The molecule has 2 aromatic heterocycles. The molecular formula is C13H15N5O2. The van der Waals surface area contributed by atoms with Gasteiger partial charge in [0.25, 0.3) is 0 Å². The van der Waals surface area contributed by atoms with E-state index < -0.39 is 0 Å². The summed E-state index contributed by atoms with van der Waals surface area (Å²) in [4.78, 5) is 15.3. The van der Waals surface area contributed by atoms with E-state index in [1.807, 2.05) is 13.0 Å². The van der Waals surface area contributed by atoms with Gasteiger partial charge in [-0.2, -0.15) is 4.98 Å². The maximum Gasteiger partial charge on any atom is 0.237 e. The van der Waals surface area contributed by atoms with Crippen molar-refractivity contribution in [2.75, 3.05) is 31.2 Å². The average molecular weight is 273 g/mol. The van der Waals surface area contributed by atoms with Gasteiger partial charge in [-0.1, -0.05) is 5.16 Å². The van der Waals surface area contributed by atoms with E-state index in [-0.39, 0.29) is 5.41 Å². The van der Waals surface area contributed by atoms with Gasteiger partial charge < -0.3 is 14.2 Å². The lowest BCUT2D eigenvalue weighted by Gasteiger charge is -2.22. The molecule has 2 aromatic rings. The minimum absolute atomic E-state index is 0.222. The van der Waals surface area contributed by atoms with Crippen molar-refractivity contribution in [1.29, 1.82) is 0 Å². The van der Waals surface area contributed by atoms with Crippen LogP contribution < -0.4 is 4.90 Å². The summed E-state index contributed by atoms with van der Waals surface area (Å²) in [5.74, 6) is 2.43. The van der Waals surface area contributed by atoms with Gasteiger partial charge in [-0.3, -0.25) is 0 Å². The average Bonchev–Trinajstić information content (AvgIpc) is 3.12. The summed E-state index contributed by atoms with van der Waals surface area (Å²) < 4.78 is 11.1. The molecule has 4 heterocycles. The van der Waals surface area contributed by atoms with Crippen molar-refractivity contribution in [1.82, 2.24) is 20.1 Å². The van der Waals surface area contributed by atoms with Crippen molar-refractivity contribution in [3.63, 3.8) is 0 Å². The molecule has 0 amide bonds. The van der Waals surface area contributed by atoms with Crippen molar-refractivity contribution >= 4 is 5.95 Å². The smallest absolute Gasteiger partial charge is 0.237 e. The number of aryl methyl sites for hydroxylation is 1. The normalized spacial score (nSPS) is 28.9. The Hall–Kier alpha value is -2.02. The van der Waals surface area contributed by atoms with Crippen LogP contribution in [0.15, 0.2) is 23.0 Å². The van der Waals surface area contributed by atoms with Crippen molar-refractivity contribution in [2.45, 2.75) is 12.3 Å². The Morgan fingerprint density at radius 2 is 2.20 bits per heavy atom. The molecule has 7 heteroatoms. The number of anilines is 1. The molecule has 4 rings (SSSR count). The van der Waals surface area contributed by atoms with Gasteiger partial charge in [0.2, 0.25) is 11.8 Å². The second kappa shape index (κ2) is 4.24. The SMILES string of the molecule is Cc1noc([C@]23COC[C@H]2CN(c2ncccn2)C3)n1. The fourth-order valence-electron chi connectivity index (χ4n) is 3.14. The fourth-order valence-corrected chi connectivity index (χ4v) is 3.14. The summed E-state index contributed by atoms with van der Waals surface area (Å²) in [5, 5.41) is 3.92. The molecule has 0 aromatic carbocycles. The first-order valence-corrected chi connectivity index (χ1v) is 6.68. The van der Waals surface area contributed by atoms with E-state index in [9.17, 15) is 0 Å². The fraction of sp³-hybridized carbons (Fsp3) is 0.538. The molecule has 2 aliphatic rings. The predicted octanol–water partition coefficient (Wildman–Crippen LogP) is 0.572. The van der Waals surface area contributed by atoms with Crippen LogP contribution in [0.5, 0.6) is 0 Å². The van der Waals surface area contributed by atoms with Crippen molar-refractivity contribution in [3.05, 3.63) is 30.2 Å². The lowest BCUT2D eigenvalue weighted by atomic mass is 9.81. The van der Waals surface area contributed by atoms with Gasteiger partial charge in [0, 0.05) is 31.4 Å². The molecular weight excluding hydrogens is 258 g/mol. The van der Waals surface area contributed by atoms with Gasteiger partial charge in [0.15, 0.2) is 5.82 Å². The quantitative estimate of drug-likeness (QED) is 0.791.